The Hall–Kier alpha value is -2.82. The van der Waals surface area contributed by atoms with Gasteiger partial charge < -0.3 is 20.0 Å². The molecule has 1 amide bonds. The van der Waals surface area contributed by atoms with Crippen LogP contribution in [0.1, 0.15) is 23.2 Å². The summed E-state index contributed by atoms with van der Waals surface area (Å²) in [6, 6.07) is 15.3. The molecule has 22 heavy (non-hydrogen) atoms. The summed E-state index contributed by atoms with van der Waals surface area (Å²) in [7, 11) is 0. The molecule has 0 saturated carbocycles. The SMILES string of the molecule is O=C(CCCOc1ccccc1)Nc1ccc(C(=O)[O-])cc1. The van der Waals surface area contributed by atoms with E-state index in [9.17, 15) is 14.7 Å². The second-order valence-corrected chi connectivity index (χ2v) is 4.68. The van der Waals surface area contributed by atoms with Gasteiger partial charge in [0.15, 0.2) is 0 Å². The maximum Gasteiger partial charge on any atom is 0.224 e. The molecule has 0 radical (unpaired) electrons. The molecule has 0 aromatic heterocycles. The van der Waals surface area contributed by atoms with Crippen LogP contribution in [0.25, 0.3) is 0 Å². The maximum absolute atomic E-state index is 11.7. The standard InChI is InChI=1S/C17H17NO4/c19-16(7-4-12-22-15-5-2-1-3-6-15)18-14-10-8-13(9-11-14)17(20)21/h1-3,5-6,8-11H,4,7,12H2,(H,18,19)(H,20,21)/p-1. The number of hydrogen-bond donors (Lipinski definition) is 1. The number of ether oxygens (including phenoxy) is 1. The van der Waals surface area contributed by atoms with Crippen molar-refractivity contribution in [1.29, 1.82) is 0 Å². The first kappa shape index (κ1) is 15.6. The van der Waals surface area contributed by atoms with E-state index in [0.717, 1.165) is 5.75 Å². The predicted octanol–water partition coefficient (Wildman–Crippen LogP) is 1.85. The van der Waals surface area contributed by atoms with Crippen LogP contribution < -0.4 is 15.2 Å². The quantitative estimate of drug-likeness (QED) is 0.791. The molecule has 0 spiro atoms. The van der Waals surface area contributed by atoms with Crippen LogP contribution in [0.3, 0.4) is 0 Å². The van der Waals surface area contributed by atoms with Crippen LogP contribution in [-0.4, -0.2) is 18.5 Å². The molecule has 0 heterocycles. The van der Waals surface area contributed by atoms with Crippen molar-refractivity contribution in [2.75, 3.05) is 11.9 Å². The number of benzene rings is 2. The van der Waals surface area contributed by atoms with E-state index in [1.165, 1.54) is 24.3 Å². The van der Waals surface area contributed by atoms with Gasteiger partial charge in [0.1, 0.15) is 5.75 Å². The van der Waals surface area contributed by atoms with E-state index in [0.29, 0.717) is 25.1 Å². The number of aromatic carboxylic acids is 1. The highest BCUT2D eigenvalue weighted by Gasteiger charge is 2.03. The number of carboxylic acid groups (broad SMARTS) is 1. The molecule has 2 rings (SSSR count). The van der Waals surface area contributed by atoms with Crippen molar-refractivity contribution < 1.29 is 19.4 Å². The van der Waals surface area contributed by atoms with Crippen molar-refractivity contribution >= 4 is 17.6 Å². The van der Waals surface area contributed by atoms with Gasteiger partial charge in [-0.15, -0.1) is 0 Å². The van der Waals surface area contributed by atoms with E-state index in [-0.39, 0.29) is 11.5 Å². The zero-order chi connectivity index (χ0) is 15.8. The Morgan fingerprint density at radius 2 is 1.68 bits per heavy atom. The van der Waals surface area contributed by atoms with Crippen molar-refractivity contribution in [3.05, 3.63) is 60.2 Å². The average molecular weight is 298 g/mol. The molecule has 5 nitrogen and oxygen atoms in total. The molecule has 0 fully saturated rings. The maximum atomic E-state index is 11.7. The highest BCUT2D eigenvalue weighted by atomic mass is 16.5. The third-order valence-corrected chi connectivity index (χ3v) is 2.96. The van der Waals surface area contributed by atoms with Crippen molar-refractivity contribution in [2.24, 2.45) is 0 Å². The van der Waals surface area contributed by atoms with Gasteiger partial charge in [-0.25, -0.2) is 0 Å². The van der Waals surface area contributed by atoms with Crippen LogP contribution in [0.15, 0.2) is 54.6 Å². The number of hydrogen-bond acceptors (Lipinski definition) is 4. The largest absolute Gasteiger partial charge is 0.545 e. The molecule has 0 aliphatic rings. The fraction of sp³-hybridized carbons (Fsp3) is 0.176. The number of anilines is 1. The zero-order valence-corrected chi connectivity index (χ0v) is 12.0. The molecule has 114 valence electrons. The van der Waals surface area contributed by atoms with Crippen LogP contribution in [0.5, 0.6) is 5.75 Å². The van der Waals surface area contributed by atoms with Crippen LogP contribution in [0, 0.1) is 0 Å². The number of rotatable bonds is 7. The summed E-state index contributed by atoms with van der Waals surface area (Å²) in [6.07, 6.45) is 0.924. The van der Waals surface area contributed by atoms with Crippen molar-refractivity contribution in [1.82, 2.24) is 0 Å². The molecule has 2 aromatic rings. The summed E-state index contributed by atoms with van der Waals surface area (Å²) in [6.45, 7) is 0.459. The Balaban J connectivity index is 1.70. The topological polar surface area (TPSA) is 78.5 Å². The first-order chi connectivity index (χ1) is 10.6. The Labute approximate surface area is 128 Å². The summed E-state index contributed by atoms with van der Waals surface area (Å²) < 4.78 is 5.50. The van der Waals surface area contributed by atoms with E-state index in [4.69, 9.17) is 4.74 Å². The van der Waals surface area contributed by atoms with Crippen molar-refractivity contribution in [2.45, 2.75) is 12.8 Å². The molecule has 0 aliphatic heterocycles. The number of amides is 1. The second kappa shape index (κ2) is 7.83. The molecule has 0 aliphatic carbocycles. The summed E-state index contributed by atoms with van der Waals surface area (Å²) in [4.78, 5) is 22.4. The van der Waals surface area contributed by atoms with Gasteiger partial charge in [0, 0.05) is 12.1 Å². The van der Waals surface area contributed by atoms with Crippen LogP contribution >= 0.6 is 0 Å². The van der Waals surface area contributed by atoms with Gasteiger partial charge in [0.25, 0.3) is 0 Å². The van der Waals surface area contributed by atoms with Gasteiger partial charge in [-0.05, 0) is 36.2 Å². The Morgan fingerprint density at radius 1 is 1.00 bits per heavy atom. The minimum atomic E-state index is -1.24. The predicted molar refractivity (Wildman–Crippen MR) is 80.6 cm³/mol. The smallest absolute Gasteiger partial charge is 0.224 e. The molecule has 2 aromatic carbocycles. The van der Waals surface area contributed by atoms with E-state index in [1.807, 2.05) is 30.3 Å². The summed E-state index contributed by atoms with van der Waals surface area (Å²) >= 11 is 0. The van der Waals surface area contributed by atoms with Crippen molar-refractivity contribution in [3.8, 4) is 5.75 Å². The highest BCUT2D eigenvalue weighted by Crippen LogP contribution is 2.11. The summed E-state index contributed by atoms with van der Waals surface area (Å²) in [5, 5.41) is 13.3. The number of carboxylic acids is 1. The van der Waals surface area contributed by atoms with Gasteiger partial charge in [0.05, 0.1) is 12.6 Å². The molecular weight excluding hydrogens is 282 g/mol. The number of nitrogens with one attached hydrogen (secondary N) is 1. The third-order valence-electron chi connectivity index (χ3n) is 2.96. The minimum absolute atomic E-state index is 0.0780. The van der Waals surface area contributed by atoms with Crippen LogP contribution in [0.4, 0.5) is 5.69 Å². The Morgan fingerprint density at radius 3 is 2.32 bits per heavy atom. The first-order valence-corrected chi connectivity index (χ1v) is 6.94. The van der Waals surface area contributed by atoms with Gasteiger partial charge >= 0.3 is 0 Å². The molecular formula is C17H16NO4-. The second-order valence-electron chi connectivity index (χ2n) is 4.68. The molecule has 5 heteroatoms. The summed E-state index contributed by atoms with van der Waals surface area (Å²) in [5.41, 5.74) is 0.633. The number of carbonyl (C=O) groups excluding carboxylic acids is 2. The lowest BCUT2D eigenvalue weighted by atomic mass is 10.2. The lowest BCUT2D eigenvalue weighted by molar-refractivity contribution is -0.255. The van der Waals surface area contributed by atoms with Gasteiger partial charge in [-0.1, -0.05) is 30.3 Å². The Bertz CT molecular complexity index is 623. The molecule has 1 N–H and O–H groups in total. The van der Waals surface area contributed by atoms with E-state index < -0.39 is 5.97 Å². The zero-order valence-electron chi connectivity index (χ0n) is 12.0. The van der Waals surface area contributed by atoms with Gasteiger partial charge in [0.2, 0.25) is 5.91 Å². The van der Waals surface area contributed by atoms with E-state index in [1.54, 1.807) is 0 Å². The van der Waals surface area contributed by atoms with Crippen molar-refractivity contribution in [3.63, 3.8) is 0 Å². The monoisotopic (exact) mass is 298 g/mol. The van der Waals surface area contributed by atoms with E-state index in [2.05, 4.69) is 5.32 Å². The normalized spacial score (nSPS) is 10.0. The molecule has 0 saturated heterocycles. The summed E-state index contributed by atoms with van der Waals surface area (Å²) in [5.74, 6) is -0.602. The fourth-order valence-electron chi connectivity index (χ4n) is 1.85. The van der Waals surface area contributed by atoms with Gasteiger partial charge in [-0.2, -0.15) is 0 Å². The van der Waals surface area contributed by atoms with E-state index >= 15 is 0 Å². The number of para-hydroxylation sites is 1. The third kappa shape index (κ3) is 4.94. The van der Waals surface area contributed by atoms with Crippen LogP contribution in [0.2, 0.25) is 0 Å². The highest BCUT2D eigenvalue weighted by molar-refractivity contribution is 5.92. The fourth-order valence-corrected chi connectivity index (χ4v) is 1.85. The Kier molecular flexibility index (Phi) is 5.54. The molecule has 0 unspecified atom stereocenters. The van der Waals surface area contributed by atoms with Gasteiger partial charge in [-0.3, -0.25) is 4.79 Å². The lowest BCUT2D eigenvalue weighted by Gasteiger charge is -2.08. The number of carbonyl (C=O) groups is 2. The molecule has 0 bridgehead atoms. The minimum Gasteiger partial charge on any atom is -0.545 e. The first-order valence-electron chi connectivity index (χ1n) is 6.94. The lowest BCUT2D eigenvalue weighted by Crippen LogP contribution is -2.22. The molecule has 0 atom stereocenters. The average Bonchev–Trinajstić information content (AvgIpc) is 2.53. The van der Waals surface area contributed by atoms with Crippen LogP contribution in [-0.2, 0) is 4.79 Å².